The van der Waals surface area contributed by atoms with Crippen LogP contribution < -0.4 is 22.1 Å². The molecule has 28 heavy (non-hydrogen) atoms. The summed E-state index contributed by atoms with van der Waals surface area (Å²) in [4.78, 5) is 11.2. The summed E-state index contributed by atoms with van der Waals surface area (Å²) >= 11 is 0. The first-order valence-electron chi connectivity index (χ1n) is 7.43. The van der Waals surface area contributed by atoms with Gasteiger partial charge in [0.1, 0.15) is 17.2 Å². The summed E-state index contributed by atoms with van der Waals surface area (Å²) in [7, 11) is 0. The summed E-state index contributed by atoms with van der Waals surface area (Å²) in [6.07, 6.45) is -0.657. The molecule has 0 bridgehead atoms. The molecular formula is C19H31ClF2N4O2. The lowest BCUT2D eigenvalue weighted by atomic mass is 10.2. The van der Waals surface area contributed by atoms with Crippen LogP contribution in [0.1, 0.15) is 35.6 Å². The van der Waals surface area contributed by atoms with Crippen molar-refractivity contribution in [1.29, 1.82) is 0 Å². The molecule has 0 unspecified atom stereocenters. The van der Waals surface area contributed by atoms with Gasteiger partial charge < -0.3 is 10.2 Å². The number of nitrogens with one attached hydrogen (secondary N) is 3. The van der Waals surface area contributed by atoms with Crippen molar-refractivity contribution < 1.29 is 18.3 Å². The van der Waals surface area contributed by atoms with E-state index in [-0.39, 0.29) is 38.8 Å². The Hall–Kier alpha value is -2.58. The van der Waals surface area contributed by atoms with Gasteiger partial charge in [-0.25, -0.2) is 19.0 Å². The average molecular weight is 421 g/mol. The number of carbonyl (C=O) groups excluding carboxylic acids is 1. The van der Waals surface area contributed by atoms with E-state index < -0.39 is 17.5 Å². The van der Waals surface area contributed by atoms with E-state index in [4.69, 9.17) is 10.6 Å². The summed E-state index contributed by atoms with van der Waals surface area (Å²) in [5.74, 6) is 4.18. The molecule has 0 heterocycles. The highest BCUT2D eigenvalue weighted by Crippen LogP contribution is 2.11. The van der Waals surface area contributed by atoms with E-state index in [9.17, 15) is 13.6 Å². The summed E-state index contributed by atoms with van der Waals surface area (Å²) in [6, 6.07) is 12.2. The Morgan fingerprint density at radius 3 is 1.71 bits per heavy atom. The fraction of sp³-hybridized carbons (Fsp3) is 0.316. The maximum absolute atomic E-state index is 13.1. The quantitative estimate of drug-likeness (QED) is 0.390. The van der Waals surface area contributed by atoms with E-state index in [1.54, 1.807) is 51.1 Å². The van der Waals surface area contributed by atoms with Gasteiger partial charge in [0.15, 0.2) is 0 Å². The predicted octanol–water partition coefficient (Wildman–Crippen LogP) is 5.48. The molecule has 0 aliphatic rings. The predicted molar refractivity (Wildman–Crippen MR) is 114 cm³/mol. The van der Waals surface area contributed by atoms with E-state index in [0.717, 1.165) is 0 Å². The minimum atomic E-state index is -0.657. The molecular weight excluding hydrogens is 390 g/mol. The molecule has 1 amide bonds. The van der Waals surface area contributed by atoms with Gasteiger partial charge in [0.25, 0.3) is 0 Å². The zero-order valence-corrected chi connectivity index (χ0v) is 15.5. The number of rotatable bonds is 3. The van der Waals surface area contributed by atoms with Gasteiger partial charge in [0, 0.05) is 0 Å². The Kier molecular flexibility index (Phi) is 15.6. The highest BCUT2D eigenvalue weighted by Gasteiger charge is 2.15. The van der Waals surface area contributed by atoms with E-state index in [0.29, 0.717) is 5.69 Å². The zero-order chi connectivity index (χ0) is 18.9. The van der Waals surface area contributed by atoms with Crippen LogP contribution in [-0.4, -0.2) is 11.7 Å². The Bertz CT molecular complexity index is 698. The van der Waals surface area contributed by atoms with Gasteiger partial charge in [-0.05, 0) is 45.0 Å². The van der Waals surface area contributed by atoms with Crippen LogP contribution in [0.25, 0.3) is 0 Å². The lowest BCUT2D eigenvalue weighted by Crippen LogP contribution is -2.36. The van der Waals surface area contributed by atoms with Gasteiger partial charge in [-0.1, -0.05) is 39.1 Å². The first-order valence-corrected chi connectivity index (χ1v) is 7.43. The van der Waals surface area contributed by atoms with Gasteiger partial charge in [-0.15, -0.1) is 12.4 Å². The van der Waals surface area contributed by atoms with Gasteiger partial charge in [0.2, 0.25) is 0 Å². The third-order valence-corrected chi connectivity index (χ3v) is 2.60. The standard InChI is InChI=1S/C11H15FN2O2.C6H7FN2.2CH4.ClH/c1-11(2,3)16-10(15)14-13-9-7-5-4-6-8(9)12;7-5-3-1-2-4-6(5)9-8;;;/h4-7,13H,1-3H3,(H,14,15);1-4,9H,8H2;2*1H4;1H. The number of halogens is 3. The molecule has 0 aliphatic heterocycles. The number of hydrogen-bond donors (Lipinski definition) is 4. The maximum atomic E-state index is 13.1. The highest BCUT2D eigenvalue weighted by molar-refractivity contribution is 5.85. The SMILES string of the molecule is C.C.CC(C)(C)OC(=O)NNc1ccccc1F.Cl.NNc1ccccc1F. The Balaban J connectivity index is -0.000000452. The van der Waals surface area contributed by atoms with Crippen molar-refractivity contribution in [1.82, 2.24) is 5.43 Å². The van der Waals surface area contributed by atoms with Crippen LogP contribution in [0.5, 0.6) is 0 Å². The number of nitrogens with two attached hydrogens (primary N) is 1. The first-order chi connectivity index (χ1) is 11.7. The molecule has 9 heteroatoms. The third-order valence-electron chi connectivity index (χ3n) is 2.60. The minimum absolute atomic E-state index is 0. The topological polar surface area (TPSA) is 88.4 Å². The lowest BCUT2D eigenvalue weighted by Gasteiger charge is -2.20. The molecule has 6 nitrogen and oxygen atoms in total. The molecule has 2 rings (SSSR count). The summed E-state index contributed by atoms with van der Waals surface area (Å²) in [6.45, 7) is 5.24. The maximum Gasteiger partial charge on any atom is 0.426 e. The summed E-state index contributed by atoms with van der Waals surface area (Å²) in [5, 5.41) is 0. The second-order valence-corrected chi connectivity index (χ2v) is 5.86. The van der Waals surface area contributed by atoms with Crippen LogP contribution in [-0.2, 0) is 4.74 Å². The summed E-state index contributed by atoms with van der Waals surface area (Å²) < 4.78 is 30.5. The summed E-state index contributed by atoms with van der Waals surface area (Å²) in [5.41, 5.74) is 6.82. The van der Waals surface area contributed by atoms with Crippen molar-refractivity contribution in [2.75, 3.05) is 10.9 Å². The van der Waals surface area contributed by atoms with E-state index >= 15 is 0 Å². The average Bonchev–Trinajstić information content (AvgIpc) is 2.53. The van der Waals surface area contributed by atoms with Crippen molar-refractivity contribution in [3.05, 3.63) is 60.2 Å². The third kappa shape index (κ3) is 11.9. The molecule has 0 fully saturated rings. The molecule has 0 atom stereocenters. The second kappa shape index (κ2) is 14.5. The normalized spacial score (nSPS) is 9.07. The fourth-order valence-electron chi connectivity index (χ4n) is 1.56. The fourth-order valence-corrected chi connectivity index (χ4v) is 1.56. The molecule has 0 radical (unpaired) electrons. The molecule has 0 aromatic heterocycles. The lowest BCUT2D eigenvalue weighted by molar-refractivity contribution is 0.0541. The number of anilines is 2. The van der Waals surface area contributed by atoms with Crippen LogP contribution >= 0.6 is 12.4 Å². The number of amides is 1. The molecule has 160 valence electrons. The van der Waals surface area contributed by atoms with Crippen molar-refractivity contribution in [3.8, 4) is 0 Å². The minimum Gasteiger partial charge on any atom is -0.443 e. The van der Waals surface area contributed by atoms with Gasteiger partial charge >= 0.3 is 6.09 Å². The number of benzene rings is 2. The van der Waals surface area contributed by atoms with Crippen LogP contribution in [0.15, 0.2) is 48.5 Å². The van der Waals surface area contributed by atoms with Gasteiger partial charge in [0.05, 0.1) is 11.4 Å². The van der Waals surface area contributed by atoms with Gasteiger partial charge in [-0.2, -0.15) is 0 Å². The first kappa shape index (κ1) is 30.2. The zero-order valence-electron chi connectivity index (χ0n) is 14.7. The molecule has 0 saturated carbocycles. The second-order valence-electron chi connectivity index (χ2n) is 5.86. The number of para-hydroxylation sites is 2. The van der Waals surface area contributed by atoms with Crippen LogP contribution in [0, 0.1) is 11.6 Å². The van der Waals surface area contributed by atoms with E-state index in [1.807, 2.05) is 0 Å². The molecule has 5 N–H and O–H groups in total. The van der Waals surface area contributed by atoms with Crippen molar-refractivity contribution >= 4 is 29.9 Å². The molecule has 0 spiro atoms. The molecule has 2 aromatic rings. The van der Waals surface area contributed by atoms with E-state index in [1.165, 1.54) is 18.2 Å². The molecule has 0 saturated heterocycles. The highest BCUT2D eigenvalue weighted by atomic mass is 35.5. The largest absolute Gasteiger partial charge is 0.443 e. The van der Waals surface area contributed by atoms with Crippen molar-refractivity contribution in [2.24, 2.45) is 5.84 Å². The number of hydrazine groups is 2. The van der Waals surface area contributed by atoms with Crippen molar-refractivity contribution in [3.63, 3.8) is 0 Å². The number of nitrogen functional groups attached to an aromatic ring is 1. The Morgan fingerprint density at radius 1 is 0.929 bits per heavy atom. The monoisotopic (exact) mass is 420 g/mol. The Morgan fingerprint density at radius 2 is 1.36 bits per heavy atom. The van der Waals surface area contributed by atoms with Crippen LogP contribution in [0.4, 0.5) is 25.0 Å². The molecule has 0 aliphatic carbocycles. The van der Waals surface area contributed by atoms with Crippen LogP contribution in [0.2, 0.25) is 0 Å². The molecule has 2 aromatic carbocycles. The number of hydrogen-bond acceptors (Lipinski definition) is 5. The van der Waals surface area contributed by atoms with E-state index in [2.05, 4.69) is 16.3 Å². The Labute approximate surface area is 172 Å². The number of ether oxygens (including phenoxy) is 1. The van der Waals surface area contributed by atoms with Gasteiger partial charge in [-0.3, -0.25) is 11.3 Å². The van der Waals surface area contributed by atoms with Crippen LogP contribution in [0.3, 0.4) is 0 Å². The number of carbonyl (C=O) groups is 1. The smallest absolute Gasteiger partial charge is 0.426 e. The van der Waals surface area contributed by atoms with Crippen molar-refractivity contribution in [2.45, 2.75) is 41.2 Å².